The third-order valence-corrected chi connectivity index (χ3v) is 4.65. The summed E-state index contributed by atoms with van der Waals surface area (Å²) in [5.74, 6) is 0.739. The quantitative estimate of drug-likeness (QED) is 0.336. The van der Waals surface area contributed by atoms with Crippen LogP contribution in [0.4, 0.5) is 0 Å². The maximum atomic E-state index is 11.8. The highest BCUT2D eigenvalue weighted by atomic mass is 127. The predicted molar refractivity (Wildman–Crippen MR) is 123 cm³/mol. The van der Waals surface area contributed by atoms with E-state index in [9.17, 15) is 4.79 Å². The molecule has 1 fully saturated rings. The Kier molecular flexibility index (Phi) is 11.3. The first-order chi connectivity index (χ1) is 12.6. The van der Waals surface area contributed by atoms with E-state index in [1.807, 2.05) is 0 Å². The molecule has 27 heavy (non-hydrogen) atoms. The summed E-state index contributed by atoms with van der Waals surface area (Å²) < 4.78 is 0. The first-order valence-electron chi connectivity index (χ1n) is 9.60. The highest BCUT2D eigenvalue weighted by molar-refractivity contribution is 14.0. The van der Waals surface area contributed by atoms with Crippen LogP contribution in [0, 0.1) is 0 Å². The number of hydrogen-bond acceptors (Lipinski definition) is 3. The molecule has 1 aromatic carbocycles. The second-order valence-electron chi connectivity index (χ2n) is 7.01. The molecule has 0 saturated carbocycles. The van der Waals surface area contributed by atoms with Crippen LogP contribution in [0.5, 0.6) is 0 Å². The van der Waals surface area contributed by atoms with Crippen molar-refractivity contribution in [3.63, 3.8) is 0 Å². The minimum atomic E-state index is 0. The fourth-order valence-electron chi connectivity index (χ4n) is 3.07. The number of benzene rings is 1. The summed E-state index contributed by atoms with van der Waals surface area (Å²) >= 11 is 0. The molecule has 0 spiro atoms. The molecule has 1 aromatic rings. The lowest BCUT2D eigenvalue weighted by Gasteiger charge is -2.25. The van der Waals surface area contributed by atoms with Gasteiger partial charge in [0.05, 0.1) is 0 Å². The molecule has 1 amide bonds. The van der Waals surface area contributed by atoms with Gasteiger partial charge in [-0.15, -0.1) is 24.0 Å². The van der Waals surface area contributed by atoms with Crippen molar-refractivity contribution in [2.75, 3.05) is 40.3 Å². The Morgan fingerprint density at radius 2 is 2.00 bits per heavy atom. The maximum absolute atomic E-state index is 11.8. The van der Waals surface area contributed by atoms with Crippen LogP contribution < -0.4 is 10.6 Å². The number of hydrogen-bond donors (Lipinski definition) is 2. The van der Waals surface area contributed by atoms with Crippen LogP contribution in [0.1, 0.15) is 31.7 Å². The third kappa shape index (κ3) is 8.47. The number of guanidine groups is 1. The number of likely N-dealkylation sites (N-methyl/N-ethyl adjacent to an activating group) is 1. The maximum Gasteiger partial charge on any atom is 0.243 e. The van der Waals surface area contributed by atoms with Crippen molar-refractivity contribution in [2.45, 2.75) is 38.8 Å². The van der Waals surface area contributed by atoms with Gasteiger partial charge in [-0.25, -0.2) is 4.99 Å². The highest BCUT2D eigenvalue weighted by Gasteiger charge is 2.24. The predicted octanol–water partition coefficient (Wildman–Crippen LogP) is 2.30. The monoisotopic (exact) mass is 487 g/mol. The second-order valence-corrected chi connectivity index (χ2v) is 7.01. The van der Waals surface area contributed by atoms with E-state index >= 15 is 0 Å². The third-order valence-electron chi connectivity index (χ3n) is 4.65. The van der Waals surface area contributed by atoms with Crippen LogP contribution in [0.15, 0.2) is 35.3 Å². The van der Waals surface area contributed by atoms with Crippen LogP contribution in [-0.2, 0) is 11.3 Å². The lowest BCUT2D eigenvalue weighted by molar-refractivity contribution is -0.127. The Bertz CT molecular complexity index is 579. The van der Waals surface area contributed by atoms with E-state index in [0.717, 1.165) is 38.6 Å². The minimum absolute atomic E-state index is 0. The SMILES string of the molecule is CCCNC(=NCC(=O)N(C)C)NCC1CCCN1Cc1ccccc1.I. The molecule has 1 atom stereocenters. The Morgan fingerprint density at radius 1 is 1.26 bits per heavy atom. The highest BCUT2D eigenvalue weighted by Crippen LogP contribution is 2.19. The molecular formula is C20H34IN5O. The standard InChI is InChI=1S/C20H33N5O.HI/c1-4-12-21-20(23-15-19(26)24(2)3)22-14-18-11-8-13-25(18)16-17-9-6-5-7-10-17;/h5-7,9-10,18H,4,8,11-16H2,1-3H3,(H2,21,22,23);1H. The summed E-state index contributed by atoms with van der Waals surface area (Å²) in [5, 5.41) is 6.73. The molecule has 1 saturated heterocycles. The molecule has 0 radical (unpaired) electrons. The van der Waals surface area contributed by atoms with Crippen LogP contribution in [-0.4, -0.2) is 68.0 Å². The molecule has 0 bridgehead atoms. The molecular weight excluding hydrogens is 453 g/mol. The lowest BCUT2D eigenvalue weighted by atomic mass is 10.2. The van der Waals surface area contributed by atoms with Crippen LogP contribution in [0.25, 0.3) is 0 Å². The van der Waals surface area contributed by atoms with Gasteiger partial charge in [-0.2, -0.15) is 0 Å². The molecule has 1 aliphatic heterocycles. The largest absolute Gasteiger partial charge is 0.356 e. The summed E-state index contributed by atoms with van der Waals surface area (Å²) in [6.07, 6.45) is 3.44. The number of nitrogens with one attached hydrogen (secondary N) is 2. The van der Waals surface area contributed by atoms with E-state index < -0.39 is 0 Å². The number of rotatable bonds is 8. The topological polar surface area (TPSA) is 60.0 Å². The fraction of sp³-hybridized carbons (Fsp3) is 0.600. The smallest absolute Gasteiger partial charge is 0.243 e. The van der Waals surface area contributed by atoms with Gasteiger partial charge in [0, 0.05) is 39.8 Å². The first-order valence-corrected chi connectivity index (χ1v) is 9.60. The van der Waals surface area contributed by atoms with Crippen molar-refractivity contribution in [3.8, 4) is 0 Å². The molecule has 2 N–H and O–H groups in total. The van der Waals surface area contributed by atoms with Gasteiger partial charge in [0.1, 0.15) is 6.54 Å². The van der Waals surface area contributed by atoms with Crippen molar-refractivity contribution in [1.82, 2.24) is 20.4 Å². The summed E-state index contributed by atoms with van der Waals surface area (Å²) in [6.45, 7) is 6.11. The Labute approximate surface area is 180 Å². The zero-order valence-electron chi connectivity index (χ0n) is 16.8. The van der Waals surface area contributed by atoms with Crippen molar-refractivity contribution in [2.24, 2.45) is 4.99 Å². The Balaban J connectivity index is 0.00000364. The average molecular weight is 487 g/mol. The molecule has 152 valence electrons. The van der Waals surface area contributed by atoms with E-state index in [4.69, 9.17) is 0 Å². The van der Waals surface area contributed by atoms with Crippen LogP contribution >= 0.6 is 24.0 Å². The summed E-state index contributed by atoms with van der Waals surface area (Å²) in [4.78, 5) is 20.3. The second kappa shape index (κ2) is 12.9. The normalized spacial score (nSPS) is 17.3. The average Bonchev–Trinajstić information content (AvgIpc) is 3.08. The molecule has 0 aliphatic carbocycles. The number of nitrogens with zero attached hydrogens (tertiary/aromatic N) is 3. The summed E-state index contributed by atoms with van der Waals surface area (Å²) in [5.41, 5.74) is 1.36. The van der Waals surface area contributed by atoms with E-state index in [2.05, 4.69) is 57.8 Å². The minimum Gasteiger partial charge on any atom is -0.356 e. The van der Waals surface area contributed by atoms with Gasteiger partial charge >= 0.3 is 0 Å². The van der Waals surface area contributed by atoms with E-state index in [1.165, 1.54) is 18.4 Å². The van der Waals surface area contributed by atoms with Crippen molar-refractivity contribution < 1.29 is 4.79 Å². The van der Waals surface area contributed by atoms with Crippen LogP contribution in [0.2, 0.25) is 0 Å². The molecule has 2 rings (SSSR count). The molecule has 7 heteroatoms. The number of amides is 1. The molecule has 1 aliphatic rings. The molecule has 1 unspecified atom stereocenters. The molecule has 1 heterocycles. The summed E-state index contributed by atoms with van der Waals surface area (Å²) in [6, 6.07) is 11.1. The van der Waals surface area contributed by atoms with Gasteiger partial charge in [-0.05, 0) is 31.4 Å². The van der Waals surface area contributed by atoms with Crippen molar-refractivity contribution in [3.05, 3.63) is 35.9 Å². The van der Waals surface area contributed by atoms with Crippen LogP contribution in [0.3, 0.4) is 0 Å². The van der Waals surface area contributed by atoms with Gasteiger partial charge < -0.3 is 15.5 Å². The Hall–Kier alpha value is -1.35. The lowest BCUT2D eigenvalue weighted by Crippen LogP contribution is -2.45. The van der Waals surface area contributed by atoms with E-state index in [-0.39, 0.29) is 36.4 Å². The number of aliphatic imine (C=N–C) groups is 1. The molecule has 0 aromatic heterocycles. The molecule has 6 nitrogen and oxygen atoms in total. The van der Waals surface area contributed by atoms with E-state index in [1.54, 1.807) is 19.0 Å². The number of carbonyl (C=O) groups excluding carboxylic acids is 1. The van der Waals surface area contributed by atoms with Crippen molar-refractivity contribution >= 4 is 35.8 Å². The number of carbonyl (C=O) groups is 1. The van der Waals surface area contributed by atoms with Gasteiger partial charge in [0.15, 0.2) is 5.96 Å². The summed E-state index contributed by atoms with van der Waals surface area (Å²) in [7, 11) is 3.51. The van der Waals surface area contributed by atoms with E-state index in [0.29, 0.717) is 6.04 Å². The zero-order chi connectivity index (χ0) is 18.8. The van der Waals surface area contributed by atoms with Gasteiger partial charge in [-0.3, -0.25) is 9.69 Å². The number of likely N-dealkylation sites (tertiary alicyclic amines) is 1. The Morgan fingerprint density at radius 3 is 2.67 bits per heavy atom. The first kappa shape index (κ1) is 23.7. The fourth-order valence-corrected chi connectivity index (χ4v) is 3.07. The van der Waals surface area contributed by atoms with Crippen molar-refractivity contribution in [1.29, 1.82) is 0 Å². The number of halogens is 1. The van der Waals surface area contributed by atoms with Gasteiger partial charge in [-0.1, -0.05) is 37.3 Å². The van der Waals surface area contributed by atoms with Gasteiger partial charge in [0.2, 0.25) is 5.91 Å². The van der Waals surface area contributed by atoms with Gasteiger partial charge in [0.25, 0.3) is 0 Å². The zero-order valence-corrected chi connectivity index (χ0v) is 19.1.